The van der Waals surface area contributed by atoms with Crippen molar-refractivity contribution in [1.29, 1.82) is 0 Å². The average molecular weight is 679 g/mol. The topological polar surface area (TPSA) is 8.72 Å². The van der Waals surface area contributed by atoms with E-state index in [-0.39, 0.29) is 22.9 Å². The van der Waals surface area contributed by atoms with Gasteiger partial charge in [-0.3, -0.25) is 0 Å². The fourth-order valence-corrected chi connectivity index (χ4v) is 11.1. The fraction of sp³-hybridized carbons (Fsp3) is 0.551. The van der Waals surface area contributed by atoms with Crippen molar-refractivity contribution >= 4 is 0 Å². The van der Waals surface area contributed by atoms with Gasteiger partial charge >= 0.3 is 0 Å². The molecule has 2 aromatic rings. The maximum absolute atomic E-state index is 5.87. The van der Waals surface area contributed by atoms with Crippen molar-refractivity contribution < 1.29 is 0 Å². The predicted octanol–water partition coefficient (Wildman–Crippen LogP) is 13.3. The molecule has 9 unspecified atom stereocenters. The van der Waals surface area contributed by atoms with Gasteiger partial charge in [-0.25, -0.2) is 0 Å². The molecule has 9 atom stereocenters. The SMILES string of the molecule is CCCCC1C2=CC(C)CC(C)(C3CC(C4(C)C=C5CC(=CC(C)C4)C5)[N+]#CC(CC)(c4ccccc4)C(CC)(c4ccccc4)C#[N+]3)C=C1C2. The molecule has 2 saturated carbocycles. The first-order chi connectivity index (χ1) is 24.6. The molecule has 266 valence electrons. The van der Waals surface area contributed by atoms with Crippen molar-refractivity contribution in [3.63, 3.8) is 0 Å². The summed E-state index contributed by atoms with van der Waals surface area (Å²) >= 11 is 0. The van der Waals surface area contributed by atoms with Gasteiger partial charge in [-0.15, -0.1) is 0 Å². The van der Waals surface area contributed by atoms with E-state index in [9.17, 15) is 0 Å². The lowest BCUT2D eigenvalue weighted by Gasteiger charge is -2.41. The minimum absolute atomic E-state index is 0.0481. The molecule has 2 heteroatoms. The Morgan fingerprint density at radius 3 is 1.71 bits per heavy atom. The van der Waals surface area contributed by atoms with Crippen LogP contribution in [0.25, 0.3) is 9.69 Å². The Morgan fingerprint density at radius 1 is 0.647 bits per heavy atom. The minimum atomic E-state index is -0.538. The molecule has 4 bridgehead atoms. The third kappa shape index (κ3) is 6.41. The molecule has 2 fully saturated rings. The van der Waals surface area contributed by atoms with E-state index in [1.807, 2.05) is 0 Å². The Morgan fingerprint density at radius 2 is 1.18 bits per heavy atom. The third-order valence-corrected chi connectivity index (χ3v) is 13.8. The summed E-state index contributed by atoms with van der Waals surface area (Å²) in [4.78, 5) is 11.7. The van der Waals surface area contributed by atoms with Gasteiger partial charge in [0.05, 0.1) is 10.8 Å². The second kappa shape index (κ2) is 14.1. The summed E-state index contributed by atoms with van der Waals surface area (Å²) in [5.74, 6) is 1.64. The van der Waals surface area contributed by atoms with Gasteiger partial charge in [-0.05, 0) is 88.2 Å². The van der Waals surface area contributed by atoms with Gasteiger partial charge in [0.2, 0.25) is 0 Å². The van der Waals surface area contributed by atoms with Gasteiger partial charge < -0.3 is 0 Å². The van der Waals surface area contributed by atoms with E-state index in [1.54, 1.807) is 22.3 Å². The Kier molecular flexibility index (Phi) is 9.87. The molecule has 0 N–H and O–H groups in total. The van der Waals surface area contributed by atoms with Gasteiger partial charge in [0.25, 0.3) is 24.2 Å². The van der Waals surface area contributed by atoms with Gasteiger partial charge in [-0.2, -0.15) is 0 Å². The lowest BCUT2D eigenvalue weighted by molar-refractivity contribution is 0.235. The number of hydrogen-bond donors (Lipinski definition) is 0. The van der Waals surface area contributed by atoms with Crippen LogP contribution in [0.4, 0.5) is 0 Å². The highest BCUT2D eigenvalue weighted by Gasteiger charge is 2.61. The Hall–Kier alpha value is -3.62. The van der Waals surface area contributed by atoms with E-state index >= 15 is 0 Å². The van der Waals surface area contributed by atoms with E-state index in [2.05, 4.69) is 146 Å². The van der Waals surface area contributed by atoms with Crippen LogP contribution in [0.3, 0.4) is 0 Å². The van der Waals surface area contributed by atoms with Crippen LogP contribution in [-0.4, -0.2) is 12.1 Å². The number of hydrogen-bond acceptors (Lipinski definition) is 0. The molecular weight excluding hydrogens is 617 g/mol. The first-order valence-corrected chi connectivity index (χ1v) is 20.4. The number of fused-ring (bicyclic) bond motifs is 8. The van der Waals surface area contributed by atoms with Crippen LogP contribution in [0, 0.1) is 40.7 Å². The van der Waals surface area contributed by atoms with Crippen LogP contribution in [0.15, 0.2) is 107 Å². The number of benzene rings is 2. The molecule has 9 rings (SSSR count). The standard InChI is InChI=1S/C49H62N2/c1-8-11-22-43-39-24-36(5)30-47(7,32-40(43)27-39)45-28-44(46(6)29-35(4)23-37-25-38(26-37)31-46)50-33-48(9-2,41-18-14-12-15-19-41)49(10-3,34-51-45)42-20-16-13-17-21-42/h12-21,23-24,31-32,35-36,43-45H,8-11,22,25-30H2,1-7H3/q+2. The number of unbranched alkanes of at least 4 members (excludes halogenated alkanes) is 1. The van der Waals surface area contributed by atoms with Crippen LogP contribution in [0.1, 0.15) is 130 Å². The summed E-state index contributed by atoms with van der Waals surface area (Å²) in [6.45, 7) is 16.9. The summed E-state index contributed by atoms with van der Waals surface area (Å²) in [7, 11) is 0. The van der Waals surface area contributed by atoms with Crippen molar-refractivity contribution in [3.05, 3.63) is 128 Å². The summed E-state index contributed by atoms with van der Waals surface area (Å²) in [5.41, 5.74) is 7.78. The van der Waals surface area contributed by atoms with Gasteiger partial charge in [0.15, 0.2) is 10.8 Å². The summed E-state index contributed by atoms with van der Waals surface area (Å²) in [5, 5.41) is 0. The maximum atomic E-state index is 5.87. The van der Waals surface area contributed by atoms with Crippen molar-refractivity contribution in [2.24, 2.45) is 28.6 Å². The van der Waals surface area contributed by atoms with Crippen molar-refractivity contribution in [2.45, 2.75) is 142 Å². The van der Waals surface area contributed by atoms with E-state index in [1.165, 1.54) is 30.4 Å². The second-order valence-electron chi connectivity index (χ2n) is 17.7. The summed E-state index contributed by atoms with van der Waals surface area (Å²) in [6, 6.07) is 30.5. The zero-order valence-electron chi connectivity index (χ0n) is 32.6. The largest absolute Gasteiger partial charge is 0.288 e. The van der Waals surface area contributed by atoms with Crippen molar-refractivity contribution in [2.75, 3.05) is 0 Å². The first kappa shape index (κ1) is 35.8. The molecule has 0 amide bonds. The average Bonchev–Trinajstić information content (AvgIpc) is 3.16. The molecule has 1 aliphatic heterocycles. The third-order valence-electron chi connectivity index (χ3n) is 13.8. The van der Waals surface area contributed by atoms with Gasteiger partial charge in [0.1, 0.15) is 6.42 Å². The van der Waals surface area contributed by atoms with Crippen molar-refractivity contribution in [3.8, 4) is 12.1 Å². The minimum Gasteiger partial charge on any atom is -0.0818 e. The molecule has 7 aliphatic rings. The molecule has 2 aromatic carbocycles. The quantitative estimate of drug-likeness (QED) is 0.233. The van der Waals surface area contributed by atoms with Crippen LogP contribution in [0.2, 0.25) is 0 Å². The molecule has 51 heavy (non-hydrogen) atoms. The molecule has 1 heterocycles. The molecule has 0 aromatic heterocycles. The van der Waals surface area contributed by atoms with Gasteiger partial charge in [-0.1, -0.05) is 164 Å². The number of allylic oxidation sites excluding steroid dienone is 6. The summed E-state index contributed by atoms with van der Waals surface area (Å²) < 4.78 is 0. The van der Waals surface area contributed by atoms with E-state index in [0.29, 0.717) is 17.8 Å². The normalized spacial score (nSPS) is 37.0. The van der Waals surface area contributed by atoms with E-state index < -0.39 is 10.8 Å². The van der Waals surface area contributed by atoms with Crippen molar-refractivity contribution in [1.82, 2.24) is 0 Å². The van der Waals surface area contributed by atoms with Crippen LogP contribution in [-0.2, 0) is 10.8 Å². The van der Waals surface area contributed by atoms with E-state index in [0.717, 1.165) is 51.4 Å². The van der Waals surface area contributed by atoms with Crippen LogP contribution in [0.5, 0.6) is 0 Å². The molecule has 0 saturated heterocycles. The zero-order chi connectivity index (χ0) is 35.9. The van der Waals surface area contributed by atoms with Crippen LogP contribution >= 0.6 is 0 Å². The monoisotopic (exact) mass is 678 g/mol. The molecular formula is C49H62N2+2. The number of nitrogens with zero attached hydrogens (tertiary/aromatic N) is 2. The highest BCUT2D eigenvalue weighted by molar-refractivity contribution is 5.52. The lowest BCUT2D eigenvalue weighted by atomic mass is 9.55. The smallest absolute Gasteiger partial charge is 0.0818 e. The maximum Gasteiger partial charge on any atom is 0.288 e. The molecule has 0 spiro atoms. The number of rotatable bonds is 9. The lowest BCUT2D eigenvalue weighted by Crippen LogP contribution is -2.47. The predicted molar refractivity (Wildman–Crippen MR) is 216 cm³/mol. The molecule has 6 aliphatic carbocycles. The second-order valence-corrected chi connectivity index (χ2v) is 17.7. The Labute approximate surface area is 309 Å². The highest BCUT2D eigenvalue weighted by atomic mass is 14.9. The zero-order valence-corrected chi connectivity index (χ0v) is 32.6. The fourth-order valence-electron chi connectivity index (χ4n) is 11.1. The molecule has 2 nitrogen and oxygen atoms in total. The highest BCUT2D eigenvalue weighted by Crippen LogP contribution is 2.54. The molecule has 0 radical (unpaired) electrons. The first-order valence-electron chi connectivity index (χ1n) is 20.4. The van der Waals surface area contributed by atoms with Crippen LogP contribution < -0.4 is 0 Å². The Balaban J connectivity index is 1.47. The van der Waals surface area contributed by atoms with Gasteiger partial charge in [0, 0.05) is 5.92 Å². The van der Waals surface area contributed by atoms with E-state index in [4.69, 9.17) is 9.69 Å². The Bertz CT molecular complexity index is 1850. The summed E-state index contributed by atoms with van der Waals surface area (Å²) in [6.07, 6.45) is 22.6.